The molecule has 8 heteroatoms. The monoisotopic (exact) mass is 309 g/mol. The smallest absolute Gasteiger partial charge is 0.328 e. The fourth-order valence-corrected chi connectivity index (χ4v) is 1.73. The van der Waals surface area contributed by atoms with Crippen molar-refractivity contribution in [3.05, 3.63) is 29.8 Å². The van der Waals surface area contributed by atoms with E-state index in [0.29, 0.717) is 5.69 Å². The SMILES string of the molecule is O=C(Nc1cccc(C(=O)NC(CF)C(=O)O)c1)NC1CC1. The number of carboxylic acid groups (broad SMARTS) is 1. The minimum atomic E-state index is -1.60. The predicted molar refractivity (Wildman–Crippen MR) is 76.5 cm³/mol. The Kier molecular flexibility index (Phi) is 4.92. The number of urea groups is 1. The second-order valence-corrected chi connectivity index (χ2v) is 4.97. The molecule has 0 saturated heterocycles. The number of carbonyl (C=O) groups is 3. The van der Waals surface area contributed by atoms with Gasteiger partial charge >= 0.3 is 12.0 Å². The van der Waals surface area contributed by atoms with E-state index in [0.717, 1.165) is 12.8 Å². The number of hydrogen-bond donors (Lipinski definition) is 4. The Balaban J connectivity index is 1.98. The number of amides is 3. The van der Waals surface area contributed by atoms with Gasteiger partial charge in [0.05, 0.1) is 0 Å². The Bertz CT molecular complexity index is 589. The standard InChI is InChI=1S/C14H16FN3O4/c15-7-11(13(20)21)18-12(19)8-2-1-3-10(6-8)17-14(22)16-9-4-5-9/h1-3,6,9,11H,4-5,7H2,(H,18,19)(H,20,21)(H2,16,17,22). The molecule has 1 aromatic rings. The van der Waals surface area contributed by atoms with Gasteiger partial charge in [0.2, 0.25) is 0 Å². The third kappa shape index (κ3) is 4.44. The van der Waals surface area contributed by atoms with Crippen molar-refractivity contribution < 1.29 is 23.9 Å². The van der Waals surface area contributed by atoms with E-state index in [2.05, 4.69) is 16.0 Å². The van der Waals surface area contributed by atoms with Crippen LogP contribution in [0.1, 0.15) is 23.2 Å². The van der Waals surface area contributed by atoms with Crippen LogP contribution in [0.25, 0.3) is 0 Å². The Morgan fingerprint density at radius 1 is 1.32 bits per heavy atom. The van der Waals surface area contributed by atoms with Crippen LogP contribution >= 0.6 is 0 Å². The van der Waals surface area contributed by atoms with Crippen LogP contribution in [0.3, 0.4) is 0 Å². The molecule has 2 rings (SSSR count). The zero-order valence-electron chi connectivity index (χ0n) is 11.6. The van der Waals surface area contributed by atoms with Gasteiger partial charge in [0.25, 0.3) is 5.91 Å². The maximum Gasteiger partial charge on any atom is 0.328 e. The van der Waals surface area contributed by atoms with Crippen molar-refractivity contribution in [2.24, 2.45) is 0 Å². The van der Waals surface area contributed by atoms with Gasteiger partial charge in [-0.2, -0.15) is 0 Å². The minimum Gasteiger partial charge on any atom is -0.480 e. The molecule has 118 valence electrons. The molecule has 7 nitrogen and oxygen atoms in total. The molecule has 0 bridgehead atoms. The second kappa shape index (κ2) is 6.88. The van der Waals surface area contributed by atoms with Crippen molar-refractivity contribution in [3.63, 3.8) is 0 Å². The molecule has 0 heterocycles. The molecule has 22 heavy (non-hydrogen) atoms. The first-order valence-corrected chi connectivity index (χ1v) is 6.77. The van der Waals surface area contributed by atoms with Gasteiger partial charge in [-0.05, 0) is 31.0 Å². The summed E-state index contributed by atoms with van der Waals surface area (Å²) >= 11 is 0. The molecule has 4 N–H and O–H groups in total. The molecule has 1 fully saturated rings. The van der Waals surface area contributed by atoms with Crippen molar-refractivity contribution in [2.45, 2.75) is 24.9 Å². The molecule has 0 radical (unpaired) electrons. The van der Waals surface area contributed by atoms with Gasteiger partial charge < -0.3 is 21.1 Å². The number of carbonyl (C=O) groups excluding carboxylic acids is 2. The van der Waals surface area contributed by atoms with Gasteiger partial charge in [-0.1, -0.05) is 6.07 Å². The Hall–Kier alpha value is -2.64. The van der Waals surface area contributed by atoms with Gasteiger partial charge in [0.15, 0.2) is 6.04 Å². The van der Waals surface area contributed by atoms with Crippen LogP contribution in [0.5, 0.6) is 0 Å². The molecule has 0 aromatic heterocycles. The topological polar surface area (TPSA) is 108 Å². The Morgan fingerprint density at radius 3 is 2.64 bits per heavy atom. The van der Waals surface area contributed by atoms with Gasteiger partial charge in [0, 0.05) is 17.3 Å². The average molecular weight is 309 g/mol. The first-order valence-electron chi connectivity index (χ1n) is 6.77. The largest absolute Gasteiger partial charge is 0.480 e. The number of aliphatic carboxylic acids is 1. The van der Waals surface area contributed by atoms with Crippen molar-refractivity contribution in [1.82, 2.24) is 10.6 Å². The molecule has 0 spiro atoms. The number of benzene rings is 1. The van der Waals surface area contributed by atoms with Crippen LogP contribution in [0.4, 0.5) is 14.9 Å². The number of carboxylic acids is 1. The maximum absolute atomic E-state index is 12.5. The number of rotatable bonds is 6. The lowest BCUT2D eigenvalue weighted by Crippen LogP contribution is -2.42. The third-order valence-corrected chi connectivity index (χ3v) is 3.05. The average Bonchev–Trinajstić information content (AvgIpc) is 3.28. The van der Waals surface area contributed by atoms with Crippen LogP contribution in [-0.2, 0) is 4.79 Å². The summed E-state index contributed by atoms with van der Waals surface area (Å²) in [5, 5.41) is 16.1. The summed E-state index contributed by atoms with van der Waals surface area (Å²) in [6.07, 6.45) is 1.91. The molecular formula is C14H16FN3O4. The Morgan fingerprint density at radius 2 is 2.05 bits per heavy atom. The first kappa shape index (κ1) is 15.7. The van der Waals surface area contributed by atoms with E-state index in [1.165, 1.54) is 18.2 Å². The van der Waals surface area contributed by atoms with Gasteiger partial charge in [-0.15, -0.1) is 0 Å². The van der Waals surface area contributed by atoms with Crippen LogP contribution in [0.15, 0.2) is 24.3 Å². The van der Waals surface area contributed by atoms with Crippen molar-refractivity contribution >= 4 is 23.6 Å². The number of hydrogen-bond acceptors (Lipinski definition) is 3. The molecule has 1 unspecified atom stereocenters. The van der Waals surface area contributed by atoms with Gasteiger partial charge in [-0.25, -0.2) is 14.0 Å². The molecule has 1 aliphatic carbocycles. The predicted octanol–water partition coefficient (Wildman–Crippen LogP) is 1.12. The van der Waals surface area contributed by atoms with Crippen LogP contribution in [-0.4, -0.2) is 41.8 Å². The summed E-state index contributed by atoms with van der Waals surface area (Å²) in [6, 6.07) is 4.19. The first-order chi connectivity index (χ1) is 10.5. The van der Waals surface area contributed by atoms with E-state index in [-0.39, 0.29) is 17.6 Å². The van der Waals surface area contributed by atoms with E-state index in [1.54, 1.807) is 6.07 Å². The summed E-state index contributed by atoms with van der Waals surface area (Å²) in [4.78, 5) is 34.2. The van der Waals surface area contributed by atoms with Gasteiger partial charge in [-0.3, -0.25) is 4.79 Å². The summed E-state index contributed by atoms with van der Waals surface area (Å²) in [7, 11) is 0. The summed E-state index contributed by atoms with van der Waals surface area (Å²) in [5.74, 6) is -2.18. The number of alkyl halides is 1. The van der Waals surface area contributed by atoms with Crippen LogP contribution in [0, 0.1) is 0 Å². The number of nitrogens with one attached hydrogen (secondary N) is 3. The highest BCUT2D eigenvalue weighted by Crippen LogP contribution is 2.19. The van der Waals surface area contributed by atoms with E-state index in [1.807, 2.05) is 0 Å². The number of anilines is 1. The van der Waals surface area contributed by atoms with E-state index < -0.39 is 24.6 Å². The summed E-state index contributed by atoms with van der Waals surface area (Å²) in [6.45, 7) is -1.21. The lowest BCUT2D eigenvalue weighted by atomic mass is 10.1. The normalized spacial score (nSPS) is 14.8. The van der Waals surface area contributed by atoms with E-state index >= 15 is 0 Å². The maximum atomic E-state index is 12.5. The second-order valence-electron chi connectivity index (χ2n) is 4.97. The van der Waals surface area contributed by atoms with Crippen molar-refractivity contribution in [1.29, 1.82) is 0 Å². The molecule has 1 saturated carbocycles. The molecule has 3 amide bonds. The van der Waals surface area contributed by atoms with Crippen LogP contribution < -0.4 is 16.0 Å². The van der Waals surface area contributed by atoms with Gasteiger partial charge in [0.1, 0.15) is 6.67 Å². The zero-order valence-corrected chi connectivity index (χ0v) is 11.6. The molecular weight excluding hydrogens is 293 g/mol. The highest BCUT2D eigenvalue weighted by atomic mass is 19.1. The highest BCUT2D eigenvalue weighted by Gasteiger charge is 2.23. The third-order valence-electron chi connectivity index (χ3n) is 3.05. The fraction of sp³-hybridized carbons (Fsp3) is 0.357. The Labute approximate surface area is 125 Å². The highest BCUT2D eigenvalue weighted by molar-refractivity contribution is 5.98. The van der Waals surface area contributed by atoms with E-state index in [4.69, 9.17) is 5.11 Å². The summed E-state index contributed by atoms with van der Waals surface area (Å²) in [5.41, 5.74) is 0.516. The fourth-order valence-electron chi connectivity index (χ4n) is 1.73. The summed E-state index contributed by atoms with van der Waals surface area (Å²) < 4.78 is 12.5. The molecule has 1 aliphatic rings. The lowest BCUT2D eigenvalue weighted by Gasteiger charge is -2.12. The molecule has 0 aliphatic heterocycles. The minimum absolute atomic E-state index is 0.129. The lowest BCUT2D eigenvalue weighted by molar-refractivity contribution is -0.139. The quantitative estimate of drug-likeness (QED) is 0.631. The van der Waals surface area contributed by atoms with Crippen molar-refractivity contribution in [2.75, 3.05) is 12.0 Å². The molecule has 1 aromatic carbocycles. The van der Waals surface area contributed by atoms with E-state index in [9.17, 15) is 18.8 Å². The number of halogens is 1. The molecule has 1 atom stereocenters. The van der Waals surface area contributed by atoms with Crippen molar-refractivity contribution in [3.8, 4) is 0 Å². The van der Waals surface area contributed by atoms with Crippen LogP contribution in [0.2, 0.25) is 0 Å². The zero-order chi connectivity index (χ0) is 16.1.